The number of hydrogen-bond acceptors (Lipinski definition) is 3. The zero-order valence-corrected chi connectivity index (χ0v) is 10.1. The maximum atomic E-state index is 13.8. The number of hydrogen-bond donors (Lipinski definition) is 1. The lowest BCUT2D eigenvalue weighted by Crippen LogP contribution is -2.48. The molecule has 0 aliphatic carbocycles. The molecule has 18 heavy (non-hydrogen) atoms. The zero-order chi connectivity index (χ0) is 13.2. The molecule has 1 aromatic carbocycles. The third kappa shape index (κ3) is 2.31. The lowest BCUT2D eigenvalue weighted by molar-refractivity contribution is -0.145. The summed E-state index contributed by atoms with van der Waals surface area (Å²) in [7, 11) is 0. The predicted octanol–water partition coefficient (Wildman–Crippen LogP) is 1.97. The van der Waals surface area contributed by atoms with Crippen molar-refractivity contribution in [3.8, 4) is 5.75 Å². The molecule has 0 bridgehead atoms. The summed E-state index contributed by atoms with van der Waals surface area (Å²) in [5.41, 5.74) is 0.0503. The monoisotopic (exact) mass is 254 g/mol. The highest BCUT2D eigenvalue weighted by Crippen LogP contribution is 2.37. The van der Waals surface area contributed by atoms with Crippen molar-refractivity contribution in [3.05, 3.63) is 29.6 Å². The number of carbonyl (C=O) groups is 1. The van der Waals surface area contributed by atoms with Crippen LogP contribution in [0.2, 0.25) is 0 Å². The van der Waals surface area contributed by atoms with Gasteiger partial charge in [-0.1, -0.05) is 6.07 Å². The first-order valence-electron chi connectivity index (χ1n) is 5.80. The quantitative estimate of drug-likeness (QED) is 0.872. The van der Waals surface area contributed by atoms with E-state index in [1.807, 2.05) is 0 Å². The molecular weight excluding hydrogens is 239 g/mol. The molecule has 0 amide bonds. The van der Waals surface area contributed by atoms with Crippen LogP contribution >= 0.6 is 0 Å². The molecule has 1 N–H and O–H groups in total. The van der Waals surface area contributed by atoms with E-state index in [0.29, 0.717) is 25.4 Å². The van der Waals surface area contributed by atoms with Gasteiger partial charge in [0, 0.05) is 0 Å². The molecule has 1 saturated heterocycles. The Hall–Kier alpha value is -1.62. The maximum Gasteiger partial charge on any atom is 0.304 e. The van der Waals surface area contributed by atoms with Crippen molar-refractivity contribution in [3.63, 3.8) is 0 Å². The first kappa shape index (κ1) is 12.8. The van der Waals surface area contributed by atoms with Gasteiger partial charge in [-0.2, -0.15) is 0 Å². The molecule has 0 aromatic heterocycles. The molecule has 2 rings (SSSR count). The van der Waals surface area contributed by atoms with Crippen LogP contribution in [0.1, 0.15) is 18.9 Å². The van der Waals surface area contributed by atoms with Gasteiger partial charge in [0.15, 0.2) is 11.6 Å². The third-order valence-electron chi connectivity index (χ3n) is 3.09. The number of carboxylic acids is 1. The lowest BCUT2D eigenvalue weighted by atomic mass is 9.76. The lowest BCUT2D eigenvalue weighted by Gasteiger charge is -2.40. The Bertz CT molecular complexity index is 454. The zero-order valence-electron chi connectivity index (χ0n) is 10.1. The van der Waals surface area contributed by atoms with Crippen LogP contribution in [0.3, 0.4) is 0 Å². The van der Waals surface area contributed by atoms with Crippen molar-refractivity contribution < 1.29 is 23.8 Å². The summed E-state index contributed by atoms with van der Waals surface area (Å²) >= 11 is 0. The average molecular weight is 254 g/mol. The Morgan fingerprint density at radius 1 is 1.56 bits per heavy atom. The fraction of sp³-hybridized carbons (Fsp3) is 0.462. The molecule has 0 unspecified atom stereocenters. The van der Waals surface area contributed by atoms with E-state index >= 15 is 0 Å². The number of carboxylic acid groups (broad SMARTS) is 1. The van der Waals surface area contributed by atoms with Crippen LogP contribution in [-0.4, -0.2) is 30.9 Å². The Balaban J connectivity index is 2.27. The van der Waals surface area contributed by atoms with Crippen LogP contribution in [-0.2, 0) is 14.9 Å². The molecule has 98 valence electrons. The van der Waals surface area contributed by atoms with Crippen LogP contribution in [0.15, 0.2) is 18.2 Å². The second-order valence-corrected chi connectivity index (χ2v) is 4.42. The Morgan fingerprint density at radius 3 is 2.72 bits per heavy atom. The van der Waals surface area contributed by atoms with Crippen LogP contribution < -0.4 is 4.74 Å². The van der Waals surface area contributed by atoms with E-state index in [1.165, 1.54) is 12.1 Å². The Morgan fingerprint density at radius 2 is 2.28 bits per heavy atom. The molecule has 0 saturated carbocycles. The van der Waals surface area contributed by atoms with Gasteiger partial charge in [0.05, 0.1) is 31.7 Å². The van der Waals surface area contributed by atoms with E-state index in [1.54, 1.807) is 13.0 Å². The topological polar surface area (TPSA) is 55.8 Å². The number of ether oxygens (including phenoxy) is 2. The van der Waals surface area contributed by atoms with Gasteiger partial charge in [-0.15, -0.1) is 0 Å². The largest absolute Gasteiger partial charge is 0.491 e. The van der Waals surface area contributed by atoms with Gasteiger partial charge in [-0.25, -0.2) is 4.39 Å². The smallest absolute Gasteiger partial charge is 0.304 e. The molecule has 1 heterocycles. The van der Waals surface area contributed by atoms with Crippen molar-refractivity contribution in [2.75, 3.05) is 19.8 Å². The molecule has 0 radical (unpaired) electrons. The molecule has 0 atom stereocenters. The van der Waals surface area contributed by atoms with E-state index in [0.717, 1.165) is 0 Å². The number of aliphatic carboxylic acids is 1. The highest BCUT2D eigenvalue weighted by Gasteiger charge is 2.42. The SMILES string of the molecule is CCOc1ccc(C2(CC(=O)O)COC2)cc1F. The summed E-state index contributed by atoms with van der Waals surface area (Å²) in [6.45, 7) is 2.79. The van der Waals surface area contributed by atoms with Crippen molar-refractivity contribution in [1.82, 2.24) is 0 Å². The Labute approximate surface area is 104 Å². The highest BCUT2D eigenvalue weighted by atomic mass is 19.1. The molecule has 5 heteroatoms. The van der Waals surface area contributed by atoms with Crippen LogP contribution in [0, 0.1) is 5.82 Å². The summed E-state index contributed by atoms with van der Waals surface area (Å²) in [4.78, 5) is 10.9. The van der Waals surface area contributed by atoms with E-state index in [-0.39, 0.29) is 12.2 Å². The Kier molecular flexibility index (Phi) is 3.52. The van der Waals surface area contributed by atoms with E-state index in [9.17, 15) is 9.18 Å². The summed E-state index contributed by atoms with van der Waals surface area (Å²) < 4.78 is 24.0. The number of benzene rings is 1. The van der Waals surface area contributed by atoms with Crippen molar-refractivity contribution in [2.24, 2.45) is 0 Å². The van der Waals surface area contributed by atoms with Gasteiger partial charge in [0.2, 0.25) is 0 Å². The van der Waals surface area contributed by atoms with E-state index in [2.05, 4.69) is 0 Å². The van der Waals surface area contributed by atoms with Gasteiger partial charge >= 0.3 is 5.97 Å². The van der Waals surface area contributed by atoms with Crippen molar-refractivity contribution in [2.45, 2.75) is 18.8 Å². The fourth-order valence-electron chi connectivity index (χ4n) is 2.11. The van der Waals surface area contributed by atoms with Crippen LogP contribution in [0.5, 0.6) is 5.75 Å². The number of halogens is 1. The minimum Gasteiger partial charge on any atom is -0.491 e. The van der Waals surface area contributed by atoms with Crippen molar-refractivity contribution >= 4 is 5.97 Å². The summed E-state index contributed by atoms with van der Waals surface area (Å²) in [6.07, 6.45) is -0.0551. The molecule has 1 aliphatic heterocycles. The van der Waals surface area contributed by atoms with E-state index < -0.39 is 17.2 Å². The summed E-state index contributed by atoms with van der Waals surface area (Å²) in [6, 6.07) is 4.59. The second-order valence-electron chi connectivity index (χ2n) is 4.42. The molecule has 4 nitrogen and oxygen atoms in total. The first-order valence-corrected chi connectivity index (χ1v) is 5.80. The van der Waals surface area contributed by atoms with Crippen molar-refractivity contribution in [1.29, 1.82) is 0 Å². The second kappa shape index (κ2) is 4.94. The van der Waals surface area contributed by atoms with Gasteiger partial charge in [0.25, 0.3) is 0 Å². The summed E-state index contributed by atoms with van der Waals surface area (Å²) in [5.74, 6) is -1.19. The molecule has 1 fully saturated rings. The normalized spacial score (nSPS) is 17.0. The summed E-state index contributed by atoms with van der Waals surface area (Å²) in [5, 5.41) is 8.91. The third-order valence-corrected chi connectivity index (χ3v) is 3.09. The minimum atomic E-state index is -0.910. The van der Waals surface area contributed by atoms with Crippen LogP contribution in [0.4, 0.5) is 4.39 Å². The first-order chi connectivity index (χ1) is 8.57. The molecular formula is C13H15FO4. The average Bonchev–Trinajstić information content (AvgIpc) is 2.26. The van der Waals surface area contributed by atoms with Gasteiger partial charge in [-0.05, 0) is 24.6 Å². The minimum absolute atomic E-state index is 0.0551. The maximum absolute atomic E-state index is 13.8. The van der Waals surface area contributed by atoms with Crippen LogP contribution in [0.25, 0.3) is 0 Å². The van der Waals surface area contributed by atoms with Gasteiger partial charge < -0.3 is 14.6 Å². The standard InChI is InChI=1S/C13H15FO4/c1-2-18-11-4-3-9(5-10(11)14)13(6-12(15)16)7-17-8-13/h3-5H,2,6-8H2,1H3,(H,15,16). The molecule has 1 aliphatic rings. The predicted molar refractivity (Wildman–Crippen MR) is 62.3 cm³/mol. The highest BCUT2D eigenvalue weighted by molar-refractivity contribution is 5.69. The van der Waals surface area contributed by atoms with Gasteiger partial charge in [0.1, 0.15) is 0 Å². The molecule has 0 spiro atoms. The fourth-order valence-corrected chi connectivity index (χ4v) is 2.11. The molecule has 1 aromatic rings. The number of rotatable bonds is 5. The van der Waals surface area contributed by atoms with E-state index in [4.69, 9.17) is 14.6 Å². The van der Waals surface area contributed by atoms with Gasteiger partial charge in [-0.3, -0.25) is 4.79 Å².